The van der Waals surface area contributed by atoms with Gasteiger partial charge in [-0.2, -0.15) is 0 Å². The highest BCUT2D eigenvalue weighted by Crippen LogP contribution is 2.34. The van der Waals surface area contributed by atoms with Crippen molar-refractivity contribution in [2.24, 2.45) is 5.92 Å². The van der Waals surface area contributed by atoms with E-state index in [9.17, 15) is 17.6 Å². The summed E-state index contributed by atoms with van der Waals surface area (Å²) in [4.78, 5) is 0. The lowest BCUT2D eigenvalue weighted by Gasteiger charge is -2.16. The topological polar surface area (TPSA) is 12.0 Å². The van der Waals surface area contributed by atoms with Crippen LogP contribution in [-0.2, 0) is 0 Å². The van der Waals surface area contributed by atoms with Crippen molar-refractivity contribution in [2.75, 3.05) is 5.32 Å². The smallest absolute Gasteiger partial charge is 0.185 e. The zero-order valence-electron chi connectivity index (χ0n) is 9.37. The lowest BCUT2D eigenvalue weighted by atomic mass is 10.1. The third-order valence-corrected chi connectivity index (χ3v) is 2.89. The second kappa shape index (κ2) is 4.55. The maximum absolute atomic E-state index is 13.3. The van der Waals surface area contributed by atoms with Gasteiger partial charge in [0.25, 0.3) is 0 Å². The second-order valence-electron chi connectivity index (χ2n) is 4.57. The molecule has 0 radical (unpaired) electrons. The van der Waals surface area contributed by atoms with Gasteiger partial charge in [-0.1, -0.05) is 12.8 Å². The fourth-order valence-corrected chi connectivity index (χ4v) is 1.86. The summed E-state index contributed by atoms with van der Waals surface area (Å²) < 4.78 is 52.5. The minimum absolute atomic E-state index is 0.210. The summed E-state index contributed by atoms with van der Waals surface area (Å²) in [5.41, 5.74) is -0.712. The summed E-state index contributed by atoms with van der Waals surface area (Å²) in [7, 11) is 0. The van der Waals surface area contributed by atoms with E-state index in [0.29, 0.717) is 5.92 Å². The molecule has 0 spiro atoms. The molecule has 1 N–H and O–H groups in total. The summed E-state index contributed by atoms with van der Waals surface area (Å²) >= 11 is 0. The minimum atomic E-state index is -1.38. The molecule has 1 nitrogen and oxygen atoms in total. The first-order chi connectivity index (χ1) is 7.99. The number of hydrogen-bond acceptors (Lipinski definition) is 1. The third kappa shape index (κ3) is 2.70. The Hall–Kier alpha value is -1.26. The number of rotatable bonds is 4. The number of anilines is 1. The van der Waals surface area contributed by atoms with E-state index in [0.717, 1.165) is 19.3 Å². The van der Waals surface area contributed by atoms with Gasteiger partial charge in [0.15, 0.2) is 23.3 Å². The molecule has 1 aromatic rings. The van der Waals surface area contributed by atoms with E-state index in [4.69, 9.17) is 0 Å². The van der Waals surface area contributed by atoms with Crippen LogP contribution < -0.4 is 5.32 Å². The molecule has 94 valence electrons. The average Bonchev–Trinajstić information content (AvgIpc) is 3.05. The molecule has 0 aromatic heterocycles. The predicted octanol–water partition coefficient (Wildman–Crippen LogP) is 3.84. The average molecular weight is 247 g/mol. The molecule has 0 aliphatic heterocycles. The van der Waals surface area contributed by atoms with Crippen LogP contribution in [0.25, 0.3) is 0 Å². The van der Waals surface area contributed by atoms with Crippen molar-refractivity contribution in [3.05, 3.63) is 29.3 Å². The van der Waals surface area contributed by atoms with Gasteiger partial charge in [-0.25, -0.2) is 17.6 Å². The molecule has 1 fully saturated rings. The molecule has 0 amide bonds. The molecule has 2 rings (SSSR count). The van der Waals surface area contributed by atoms with Gasteiger partial charge in [-0.15, -0.1) is 0 Å². The fourth-order valence-electron chi connectivity index (χ4n) is 1.86. The van der Waals surface area contributed by atoms with Crippen LogP contribution >= 0.6 is 0 Å². The summed E-state index contributed by atoms with van der Waals surface area (Å²) in [5.74, 6) is -4.95. The molecule has 17 heavy (non-hydrogen) atoms. The van der Waals surface area contributed by atoms with Crippen LogP contribution in [0.2, 0.25) is 0 Å². The predicted molar refractivity (Wildman–Crippen MR) is 56.7 cm³/mol. The van der Waals surface area contributed by atoms with Gasteiger partial charge in [-0.05, 0) is 19.3 Å². The Morgan fingerprint density at radius 1 is 1.18 bits per heavy atom. The fraction of sp³-hybridized carbons (Fsp3) is 0.500. The monoisotopic (exact) mass is 247 g/mol. The normalized spacial score (nSPS) is 17.0. The first kappa shape index (κ1) is 12.2. The van der Waals surface area contributed by atoms with Gasteiger partial charge in [0.1, 0.15) is 5.69 Å². The number of halogens is 4. The van der Waals surface area contributed by atoms with Crippen LogP contribution in [0.5, 0.6) is 0 Å². The van der Waals surface area contributed by atoms with E-state index >= 15 is 0 Å². The molecular formula is C12H13F4N. The maximum Gasteiger partial charge on any atom is 0.185 e. The third-order valence-electron chi connectivity index (χ3n) is 2.89. The molecule has 1 saturated carbocycles. The number of benzene rings is 1. The van der Waals surface area contributed by atoms with Gasteiger partial charge in [0, 0.05) is 12.1 Å². The van der Waals surface area contributed by atoms with Crippen LogP contribution in [0.1, 0.15) is 26.2 Å². The van der Waals surface area contributed by atoms with Crippen molar-refractivity contribution < 1.29 is 17.6 Å². The zero-order valence-corrected chi connectivity index (χ0v) is 9.37. The first-order valence-electron chi connectivity index (χ1n) is 5.58. The molecule has 1 aliphatic carbocycles. The van der Waals surface area contributed by atoms with Gasteiger partial charge >= 0.3 is 0 Å². The summed E-state index contributed by atoms with van der Waals surface area (Å²) in [6, 6.07) is -0.00537. The van der Waals surface area contributed by atoms with Crippen molar-refractivity contribution in [1.82, 2.24) is 0 Å². The Morgan fingerprint density at radius 2 is 1.71 bits per heavy atom. The molecule has 5 heteroatoms. The van der Waals surface area contributed by atoms with Crippen LogP contribution in [0.3, 0.4) is 0 Å². The van der Waals surface area contributed by atoms with Crippen LogP contribution in [0, 0.1) is 29.2 Å². The first-order valence-corrected chi connectivity index (χ1v) is 5.58. The highest BCUT2D eigenvalue weighted by molar-refractivity contribution is 5.48. The lowest BCUT2D eigenvalue weighted by Crippen LogP contribution is -2.18. The van der Waals surface area contributed by atoms with Crippen molar-refractivity contribution in [3.8, 4) is 0 Å². The lowest BCUT2D eigenvalue weighted by molar-refractivity contribution is 0.455. The minimum Gasteiger partial charge on any atom is -0.378 e. The van der Waals surface area contributed by atoms with E-state index in [-0.39, 0.29) is 12.1 Å². The van der Waals surface area contributed by atoms with Gasteiger partial charge in [0.05, 0.1) is 0 Å². The van der Waals surface area contributed by atoms with Crippen LogP contribution in [-0.4, -0.2) is 6.04 Å². The molecule has 1 aromatic carbocycles. The van der Waals surface area contributed by atoms with E-state index in [1.165, 1.54) is 0 Å². The van der Waals surface area contributed by atoms with Gasteiger partial charge in [-0.3, -0.25) is 0 Å². The number of nitrogens with one attached hydrogen (secondary N) is 1. The quantitative estimate of drug-likeness (QED) is 0.629. The zero-order chi connectivity index (χ0) is 12.6. The Kier molecular flexibility index (Phi) is 3.26. The number of hydrogen-bond donors (Lipinski definition) is 1. The molecule has 0 bridgehead atoms. The largest absolute Gasteiger partial charge is 0.378 e. The van der Waals surface area contributed by atoms with E-state index in [1.807, 2.05) is 0 Å². The van der Waals surface area contributed by atoms with E-state index < -0.39 is 29.0 Å². The molecule has 1 atom stereocenters. The Morgan fingerprint density at radius 3 is 2.18 bits per heavy atom. The van der Waals surface area contributed by atoms with E-state index in [2.05, 4.69) is 5.32 Å². The van der Waals surface area contributed by atoms with Gasteiger partial charge < -0.3 is 5.32 Å². The molecular weight excluding hydrogens is 234 g/mol. The summed E-state index contributed by atoms with van der Waals surface area (Å²) in [6.45, 7) is 1.74. The van der Waals surface area contributed by atoms with Crippen LogP contribution in [0.4, 0.5) is 23.2 Å². The molecule has 0 heterocycles. The highest BCUT2D eigenvalue weighted by atomic mass is 19.2. The SMILES string of the molecule is CC(CC1CC1)Nc1c(F)c(F)cc(F)c1F. The van der Waals surface area contributed by atoms with Crippen molar-refractivity contribution in [1.29, 1.82) is 0 Å². The maximum atomic E-state index is 13.3. The second-order valence-corrected chi connectivity index (χ2v) is 4.57. The molecule has 0 saturated heterocycles. The Balaban J connectivity index is 2.18. The van der Waals surface area contributed by atoms with E-state index in [1.54, 1.807) is 6.92 Å². The Labute approximate surface area is 96.8 Å². The standard InChI is InChI=1S/C12H13F4N/c1-6(4-7-2-3-7)17-12-10(15)8(13)5-9(14)11(12)16/h5-7,17H,2-4H2,1H3. The molecule has 1 aliphatic rings. The highest BCUT2D eigenvalue weighted by Gasteiger charge is 2.25. The van der Waals surface area contributed by atoms with Crippen molar-refractivity contribution in [2.45, 2.75) is 32.2 Å². The van der Waals surface area contributed by atoms with Crippen molar-refractivity contribution >= 4 is 5.69 Å². The Bertz CT molecular complexity index is 403. The summed E-state index contributed by atoms with van der Waals surface area (Å²) in [5, 5.41) is 2.50. The van der Waals surface area contributed by atoms with Crippen molar-refractivity contribution in [3.63, 3.8) is 0 Å². The molecule has 1 unspecified atom stereocenters. The van der Waals surface area contributed by atoms with Gasteiger partial charge in [0.2, 0.25) is 0 Å². The van der Waals surface area contributed by atoms with Crippen LogP contribution in [0.15, 0.2) is 6.07 Å². The summed E-state index contributed by atoms with van der Waals surface area (Å²) in [6.07, 6.45) is 2.96.